The minimum atomic E-state index is -1.92. The van der Waals surface area contributed by atoms with Crippen molar-refractivity contribution >= 4 is 12.6 Å². The predicted octanol–water partition coefficient (Wildman–Crippen LogP) is -0.317. The van der Waals surface area contributed by atoms with Gasteiger partial charge in [-0.1, -0.05) is 12.1 Å². The summed E-state index contributed by atoms with van der Waals surface area (Å²) in [5, 5.41) is 18.1. The SMILES string of the molecule is [2H]c1c([2H])c(B(O)O)c(OC)c([2H])c1C. The summed E-state index contributed by atoms with van der Waals surface area (Å²) in [7, 11) is -0.636. The average Bonchev–Trinajstić information content (AvgIpc) is 2.19. The molecule has 0 aliphatic carbocycles. The quantitative estimate of drug-likeness (QED) is 0.596. The number of rotatable bonds is 2. The smallest absolute Gasteiger partial charge is 0.492 e. The van der Waals surface area contributed by atoms with E-state index in [1.54, 1.807) is 0 Å². The topological polar surface area (TPSA) is 49.7 Å². The molecule has 1 aromatic rings. The first-order valence-corrected chi connectivity index (χ1v) is 3.42. The van der Waals surface area contributed by atoms with Crippen LogP contribution in [0.5, 0.6) is 5.75 Å². The van der Waals surface area contributed by atoms with Crippen molar-refractivity contribution in [3.8, 4) is 5.75 Å². The molecule has 0 saturated heterocycles. The Morgan fingerprint density at radius 3 is 2.67 bits per heavy atom. The Hall–Kier alpha value is -0.995. The normalized spacial score (nSPS) is 13.2. The van der Waals surface area contributed by atoms with Crippen LogP contribution in [0.4, 0.5) is 0 Å². The second kappa shape index (κ2) is 3.60. The van der Waals surface area contributed by atoms with Crippen LogP contribution in [0.15, 0.2) is 18.1 Å². The van der Waals surface area contributed by atoms with E-state index in [1.807, 2.05) is 0 Å². The van der Waals surface area contributed by atoms with Crippen LogP contribution in [-0.2, 0) is 0 Å². The van der Waals surface area contributed by atoms with E-state index in [9.17, 15) is 0 Å². The highest BCUT2D eigenvalue weighted by molar-refractivity contribution is 6.59. The van der Waals surface area contributed by atoms with Gasteiger partial charge < -0.3 is 14.8 Å². The van der Waals surface area contributed by atoms with Gasteiger partial charge in [0, 0.05) is 5.46 Å². The van der Waals surface area contributed by atoms with Crippen molar-refractivity contribution in [3.05, 3.63) is 23.7 Å². The third-order valence-electron chi connectivity index (χ3n) is 1.39. The molecule has 0 radical (unpaired) electrons. The van der Waals surface area contributed by atoms with Gasteiger partial charge in [0.2, 0.25) is 0 Å². The highest BCUT2D eigenvalue weighted by Gasteiger charge is 2.15. The third-order valence-corrected chi connectivity index (χ3v) is 1.39. The van der Waals surface area contributed by atoms with Crippen LogP contribution in [0.1, 0.15) is 9.68 Å². The van der Waals surface area contributed by atoms with Gasteiger partial charge in [-0.3, -0.25) is 0 Å². The number of hydrogen-bond acceptors (Lipinski definition) is 3. The molecule has 0 amide bonds. The van der Waals surface area contributed by atoms with Crippen LogP contribution >= 0.6 is 0 Å². The van der Waals surface area contributed by atoms with Gasteiger partial charge in [0.05, 0.1) is 11.2 Å². The van der Waals surface area contributed by atoms with Crippen LogP contribution in [0, 0.1) is 6.92 Å². The Morgan fingerprint density at radius 2 is 2.17 bits per heavy atom. The standard InChI is InChI=1S/C8H11BO3/c1-6-3-4-7(9(10)11)8(5-6)12-2/h3-5,10-11H,1-2H3/i3D,4D,5D. The Bertz CT molecular complexity index is 395. The molecule has 1 rings (SSSR count). The zero-order valence-corrected chi connectivity index (χ0v) is 6.88. The highest BCUT2D eigenvalue weighted by atomic mass is 16.5. The Morgan fingerprint density at radius 1 is 1.50 bits per heavy atom. The van der Waals surface area contributed by atoms with Crippen molar-refractivity contribution in [2.45, 2.75) is 6.92 Å². The summed E-state index contributed by atoms with van der Waals surface area (Å²) in [5.74, 6) is -0.0662. The van der Waals surface area contributed by atoms with Gasteiger partial charge in [0.15, 0.2) is 0 Å². The van der Waals surface area contributed by atoms with Crippen LogP contribution in [-0.4, -0.2) is 24.3 Å². The Balaban J connectivity index is 3.62. The van der Waals surface area contributed by atoms with E-state index in [0.717, 1.165) is 0 Å². The predicted molar refractivity (Wildman–Crippen MR) is 47.6 cm³/mol. The fraction of sp³-hybridized carbons (Fsp3) is 0.250. The van der Waals surface area contributed by atoms with Crippen molar-refractivity contribution in [3.63, 3.8) is 0 Å². The van der Waals surface area contributed by atoms with Gasteiger partial charge >= 0.3 is 7.12 Å². The summed E-state index contributed by atoms with van der Waals surface area (Å²) in [5.41, 5.74) is 0.0411. The molecule has 4 heteroatoms. The molecule has 0 aliphatic heterocycles. The maximum absolute atomic E-state index is 9.05. The van der Waals surface area contributed by atoms with Crippen molar-refractivity contribution < 1.29 is 18.9 Å². The lowest BCUT2D eigenvalue weighted by Crippen LogP contribution is -2.31. The molecule has 0 aliphatic rings. The van der Waals surface area contributed by atoms with Crippen LogP contribution in [0.25, 0.3) is 0 Å². The molecule has 1 aromatic carbocycles. The van der Waals surface area contributed by atoms with Gasteiger partial charge in [-0.15, -0.1) is 0 Å². The average molecular weight is 169 g/mol. The lowest BCUT2D eigenvalue weighted by Gasteiger charge is -2.07. The van der Waals surface area contributed by atoms with E-state index >= 15 is 0 Å². The maximum Gasteiger partial charge on any atom is 0.492 e. The zero-order chi connectivity index (χ0) is 11.7. The molecule has 0 saturated carbocycles. The van der Waals surface area contributed by atoms with Crippen LogP contribution in [0.3, 0.4) is 0 Å². The fourth-order valence-corrected chi connectivity index (χ4v) is 0.830. The van der Waals surface area contributed by atoms with E-state index in [1.165, 1.54) is 14.0 Å². The summed E-state index contributed by atoms with van der Waals surface area (Å²) in [6, 6.07) is -0.610. The molecular formula is C8H11BO3. The van der Waals surface area contributed by atoms with Crippen molar-refractivity contribution in [2.24, 2.45) is 0 Å². The molecular weight excluding hydrogens is 155 g/mol. The summed E-state index contributed by atoms with van der Waals surface area (Å²) in [4.78, 5) is 0. The van der Waals surface area contributed by atoms with Crippen LogP contribution in [0.2, 0.25) is 0 Å². The first-order valence-electron chi connectivity index (χ1n) is 4.92. The van der Waals surface area contributed by atoms with Crippen molar-refractivity contribution in [1.29, 1.82) is 0 Å². The molecule has 64 valence electrons. The molecule has 3 nitrogen and oxygen atoms in total. The maximum atomic E-state index is 9.05. The van der Waals surface area contributed by atoms with E-state index in [0.29, 0.717) is 0 Å². The third kappa shape index (κ3) is 1.78. The van der Waals surface area contributed by atoms with Gasteiger partial charge in [-0.25, -0.2) is 0 Å². The molecule has 0 unspecified atom stereocenters. The lowest BCUT2D eigenvalue weighted by molar-refractivity contribution is 0.403. The molecule has 0 aromatic heterocycles. The Kier molecular flexibility index (Phi) is 1.69. The van der Waals surface area contributed by atoms with Gasteiger partial charge in [-0.05, 0) is 18.5 Å². The molecule has 0 bridgehead atoms. The second-order valence-electron chi connectivity index (χ2n) is 2.32. The molecule has 0 spiro atoms. The van der Waals surface area contributed by atoms with E-state index in [4.69, 9.17) is 18.9 Å². The van der Waals surface area contributed by atoms with Gasteiger partial charge in [-0.2, -0.15) is 0 Å². The van der Waals surface area contributed by atoms with E-state index < -0.39 is 7.12 Å². The van der Waals surface area contributed by atoms with E-state index in [-0.39, 0.29) is 34.9 Å². The lowest BCUT2D eigenvalue weighted by atomic mass is 9.79. The zero-order valence-electron chi connectivity index (χ0n) is 9.88. The molecule has 12 heavy (non-hydrogen) atoms. The number of methoxy groups -OCH3 is 1. The monoisotopic (exact) mass is 169 g/mol. The van der Waals surface area contributed by atoms with Gasteiger partial charge in [0.1, 0.15) is 5.75 Å². The molecule has 2 N–H and O–H groups in total. The van der Waals surface area contributed by atoms with Gasteiger partial charge in [0.25, 0.3) is 0 Å². The first-order chi connectivity index (χ1) is 6.91. The summed E-state index contributed by atoms with van der Waals surface area (Å²) in [6.45, 7) is 1.51. The summed E-state index contributed by atoms with van der Waals surface area (Å²) < 4.78 is 27.5. The fourth-order valence-electron chi connectivity index (χ4n) is 0.830. The summed E-state index contributed by atoms with van der Waals surface area (Å²) in [6.07, 6.45) is 0. The van der Waals surface area contributed by atoms with Crippen molar-refractivity contribution in [1.82, 2.24) is 0 Å². The largest absolute Gasteiger partial charge is 0.497 e. The Labute approximate surface area is 76.0 Å². The van der Waals surface area contributed by atoms with Crippen molar-refractivity contribution in [2.75, 3.05) is 7.11 Å². The molecule has 0 heterocycles. The number of ether oxygens (including phenoxy) is 1. The second-order valence-corrected chi connectivity index (χ2v) is 2.32. The number of benzene rings is 1. The molecule has 0 atom stereocenters. The van der Waals surface area contributed by atoms with E-state index in [2.05, 4.69) is 0 Å². The summed E-state index contributed by atoms with van der Waals surface area (Å²) >= 11 is 0. The minimum absolute atomic E-state index is 0.0662. The number of hydrogen-bond donors (Lipinski definition) is 2. The first kappa shape index (κ1) is 5.62. The minimum Gasteiger partial charge on any atom is -0.497 e. The molecule has 0 fully saturated rings. The van der Waals surface area contributed by atoms with Crippen LogP contribution < -0.4 is 10.2 Å². The highest BCUT2D eigenvalue weighted by Crippen LogP contribution is 2.09.